The maximum absolute atomic E-state index is 14.6. The summed E-state index contributed by atoms with van der Waals surface area (Å²) in [7, 11) is 1.50. The summed E-state index contributed by atoms with van der Waals surface area (Å²) in [6.45, 7) is 2.26. The number of rotatable bonds is 4. The molecule has 1 aliphatic rings. The third kappa shape index (κ3) is 3.44. The van der Waals surface area contributed by atoms with Gasteiger partial charge in [0.05, 0.1) is 7.11 Å². The van der Waals surface area contributed by atoms with E-state index in [0.29, 0.717) is 28.4 Å². The van der Waals surface area contributed by atoms with Crippen LogP contribution in [0.1, 0.15) is 11.1 Å². The average molecular weight is 404 g/mol. The van der Waals surface area contributed by atoms with Gasteiger partial charge < -0.3 is 19.9 Å². The van der Waals surface area contributed by atoms with Crippen LogP contribution in [0.15, 0.2) is 48.5 Å². The van der Waals surface area contributed by atoms with Crippen LogP contribution >= 0.6 is 0 Å². The third-order valence-corrected chi connectivity index (χ3v) is 5.28. The van der Waals surface area contributed by atoms with Crippen LogP contribution in [0.3, 0.4) is 0 Å². The highest BCUT2D eigenvalue weighted by Crippen LogP contribution is 2.39. The molecular weight excluding hydrogens is 383 g/mol. The predicted octanol–water partition coefficient (Wildman–Crippen LogP) is 4.60. The zero-order valence-corrected chi connectivity index (χ0v) is 16.7. The fourth-order valence-electron chi connectivity index (χ4n) is 3.71. The molecule has 152 valence electrons. The zero-order valence-electron chi connectivity index (χ0n) is 16.7. The molecule has 30 heavy (non-hydrogen) atoms. The Balaban J connectivity index is 1.79. The van der Waals surface area contributed by atoms with E-state index in [1.807, 2.05) is 43.3 Å². The Morgan fingerprint density at radius 3 is 2.60 bits per heavy atom. The first-order valence-electron chi connectivity index (χ1n) is 9.55. The molecule has 1 atom stereocenters. The van der Waals surface area contributed by atoms with Gasteiger partial charge in [0, 0.05) is 12.1 Å². The lowest BCUT2D eigenvalue weighted by Gasteiger charge is -2.23. The number of nitriles is 1. The molecule has 0 fully saturated rings. The van der Waals surface area contributed by atoms with Crippen molar-refractivity contribution in [3.05, 3.63) is 65.5 Å². The van der Waals surface area contributed by atoms with Crippen molar-refractivity contribution < 1.29 is 18.6 Å². The molecule has 0 radical (unpaired) electrons. The van der Waals surface area contributed by atoms with Gasteiger partial charge in [-0.3, -0.25) is 0 Å². The minimum Gasteiger partial charge on any atom is -0.496 e. The topological polar surface area (TPSA) is 77.5 Å². The van der Waals surface area contributed by atoms with Crippen molar-refractivity contribution in [2.45, 2.75) is 19.6 Å². The fraction of sp³-hybridized carbons (Fsp3) is 0.208. The van der Waals surface area contributed by atoms with Gasteiger partial charge in [-0.1, -0.05) is 24.3 Å². The monoisotopic (exact) mass is 404 g/mol. The smallest absolute Gasteiger partial charge is 0.218 e. The summed E-state index contributed by atoms with van der Waals surface area (Å²) in [6.07, 6.45) is -0.628. The average Bonchev–Trinajstić information content (AvgIpc) is 2.77. The first kappa shape index (κ1) is 19.7. The largest absolute Gasteiger partial charge is 0.496 e. The van der Waals surface area contributed by atoms with Gasteiger partial charge in [-0.15, -0.1) is 0 Å². The third-order valence-electron chi connectivity index (χ3n) is 5.28. The molecule has 0 saturated heterocycles. The lowest BCUT2D eigenvalue weighted by atomic mass is 9.92. The number of halogens is 1. The lowest BCUT2D eigenvalue weighted by molar-refractivity contribution is 0.127. The maximum atomic E-state index is 14.6. The molecule has 1 aliphatic heterocycles. The molecule has 1 heterocycles. The number of hydrogen-bond acceptors (Lipinski definition) is 5. The molecule has 2 N–H and O–H groups in total. The Morgan fingerprint density at radius 2 is 1.90 bits per heavy atom. The van der Waals surface area contributed by atoms with Gasteiger partial charge in [-0.05, 0) is 59.0 Å². The molecule has 0 amide bonds. The van der Waals surface area contributed by atoms with Crippen LogP contribution in [-0.4, -0.2) is 19.8 Å². The van der Waals surface area contributed by atoms with E-state index in [1.54, 1.807) is 6.07 Å². The minimum absolute atomic E-state index is 0.0647. The summed E-state index contributed by atoms with van der Waals surface area (Å²) in [5.41, 5.74) is 10.5. The fourth-order valence-corrected chi connectivity index (χ4v) is 3.71. The van der Waals surface area contributed by atoms with Gasteiger partial charge in [0.2, 0.25) is 6.10 Å². The highest BCUT2D eigenvalue weighted by molar-refractivity contribution is 5.80. The molecule has 0 bridgehead atoms. The summed E-state index contributed by atoms with van der Waals surface area (Å²) in [5, 5.41) is 9.11. The highest BCUT2D eigenvalue weighted by Gasteiger charge is 2.21. The Labute approximate surface area is 174 Å². The summed E-state index contributed by atoms with van der Waals surface area (Å²) in [4.78, 5) is 0. The molecule has 3 aromatic rings. The van der Waals surface area contributed by atoms with Gasteiger partial charge in [-0.2, -0.15) is 5.26 Å². The molecule has 3 aromatic carbocycles. The molecule has 6 heteroatoms. The van der Waals surface area contributed by atoms with Gasteiger partial charge in [-0.25, -0.2) is 4.39 Å². The van der Waals surface area contributed by atoms with E-state index >= 15 is 0 Å². The van der Waals surface area contributed by atoms with Crippen molar-refractivity contribution in [2.24, 2.45) is 5.73 Å². The number of ether oxygens (including phenoxy) is 3. The van der Waals surface area contributed by atoms with Crippen LogP contribution in [0.4, 0.5) is 4.39 Å². The van der Waals surface area contributed by atoms with Crippen molar-refractivity contribution in [3.8, 4) is 45.6 Å². The number of nitrogens with zero attached hydrogens (tertiary/aromatic N) is 1. The minimum atomic E-state index is -0.628. The van der Waals surface area contributed by atoms with E-state index < -0.39 is 11.9 Å². The summed E-state index contributed by atoms with van der Waals surface area (Å²) in [5.74, 6) is 1.19. The van der Waals surface area contributed by atoms with Crippen LogP contribution in [0, 0.1) is 24.1 Å². The standard InChI is InChI=1S/C24H21FN2O3/c1-14-18(15-6-7-22-24(9-15)30-17(11-26)13-29-22)4-3-5-19(14)16-8-21(25)20(12-27)23(10-16)28-2/h3-10,17H,12-13,27H2,1-2H3. The van der Waals surface area contributed by atoms with Gasteiger partial charge in [0.1, 0.15) is 24.2 Å². The molecule has 1 unspecified atom stereocenters. The second-order valence-corrected chi connectivity index (χ2v) is 7.03. The van der Waals surface area contributed by atoms with Crippen molar-refractivity contribution in [3.63, 3.8) is 0 Å². The van der Waals surface area contributed by atoms with E-state index in [0.717, 1.165) is 22.3 Å². The second kappa shape index (κ2) is 8.05. The normalized spacial score (nSPS) is 14.8. The van der Waals surface area contributed by atoms with Crippen LogP contribution in [0.25, 0.3) is 22.3 Å². The number of nitrogens with two attached hydrogens (primary N) is 1. The quantitative estimate of drug-likeness (QED) is 0.688. The van der Waals surface area contributed by atoms with E-state index in [2.05, 4.69) is 6.07 Å². The predicted molar refractivity (Wildman–Crippen MR) is 112 cm³/mol. The Kier molecular flexibility index (Phi) is 5.30. The van der Waals surface area contributed by atoms with Crippen LogP contribution in [-0.2, 0) is 6.54 Å². The van der Waals surface area contributed by atoms with Crippen LogP contribution in [0.5, 0.6) is 17.2 Å². The number of hydrogen-bond donors (Lipinski definition) is 1. The SMILES string of the molecule is COc1cc(-c2cccc(-c3ccc4c(c3)OC(C#N)CO4)c2C)cc(F)c1CN. The van der Waals surface area contributed by atoms with Gasteiger partial charge in [0.15, 0.2) is 11.5 Å². The summed E-state index contributed by atoms with van der Waals surface area (Å²) >= 11 is 0. The van der Waals surface area contributed by atoms with Crippen LogP contribution in [0.2, 0.25) is 0 Å². The van der Waals surface area contributed by atoms with Crippen molar-refractivity contribution in [1.82, 2.24) is 0 Å². The zero-order chi connectivity index (χ0) is 21.3. The summed E-state index contributed by atoms with van der Waals surface area (Å²) in [6, 6.07) is 16.9. The van der Waals surface area contributed by atoms with Gasteiger partial charge >= 0.3 is 0 Å². The van der Waals surface area contributed by atoms with E-state index in [1.165, 1.54) is 13.2 Å². The molecule has 0 aromatic heterocycles. The maximum Gasteiger partial charge on any atom is 0.218 e. The van der Waals surface area contributed by atoms with Crippen molar-refractivity contribution in [2.75, 3.05) is 13.7 Å². The second-order valence-electron chi connectivity index (χ2n) is 7.03. The first-order chi connectivity index (χ1) is 14.5. The molecular formula is C24H21FN2O3. The Bertz CT molecular complexity index is 1150. The number of fused-ring (bicyclic) bond motifs is 1. The molecule has 5 nitrogen and oxygen atoms in total. The van der Waals surface area contributed by atoms with Crippen molar-refractivity contribution >= 4 is 0 Å². The van der Waals surface area contributed by atoms with Crippen LogP contribution < -0.4 is 19.9 Å². The summed E-state index contributed by atoms with van der Waals surface area (Å²) < 4.78 is 31.2. The number of methoxy groups -OCH3 is 1. The van der Waals surface area contributed by atoms with E-state index in [-0.39, 0.29) is 13.2 Å². The lowest BCUT2D eigenvalue weighted by Crippen LogP contribution is -2.27. The number of benzene rings is 3. The molecule has 0 spiro atoms. The first-order valence-corrected chi connectivity index (χ1v) is 9.55. The van der Waals surface area contributed by atoms with E-state index in [4.69, 9.17) is 25.2 Å². The molecule has 0 saturated carbocycles. The Hall–Kier alpha value is -3.56. The Morgan fingerprint density at radius 1 is 1.13 bits per heavy atom. The highest BCUT2D eigenvalue weighted by atomic mass is 19.1. The van der Waals surface area contributed by atoms with Crippen molar-refractivity contribution in [1.29, 1.82) is 5.26 Å². The van der Waals surface area contributed by atoms with E-state index in [9.17, 15) is 4.39 Å². The molecule has 0 aliphatic carbocycles. The molecule has 4 rings (SSSR count). The van der Waals surface area contributed by atoms with Gasteiger partial charge in [0.25, 0.3) is 0 Å².